The minimum absolute atomic E-state index is 0.0557. The second-order valence-corrected chi connectivity index (χ2v) is 14.9. The number of hydrogen-bond acceptors (Lipinski definition) is 6. The van der Waals surface area contributed by atoms with Crippen LogP contribution in [0.15, 0.2) is 84.4 Å². The molecule has 50 heavy (non-hydrogen) atoms. The van der Waals surface area contributed by atoms with Gasteiger partial charge in [0.15, 0.2) is 5.60 Å². The van der Waals surface area contributed by atoms with Gasteiger partial charge in [-0.05, 0) is 91.8 Å². The number of ether oxygens (including phenoxy) is 4. The smallest absolute Gasteiger partial charge is 0.334 e. The number of allylic oxidation sites excluding steroid dienone is 1. The number of aryl methyl sites for hydroxylation is 1. The first-order valence-corrected chi connectivity index (χ1v) is 18.1. The van der Waals surface area contributed by atoms with Gasteiger partial charge in [-0.3, -0.25) is 4.79 Å². The lowest BCUT2D eigenvalue weighted by Gasteiger charge is -2.26. The summed E-state index contributed by atoms with van der Waals surface area (Å²) >= 11 is 0. The molecule has 6 heteroatoms. The molecule has 5 rings (SSSR count). The van der Waals surface area contributed by atoms with E-state index < -0.39 is 5.60 Å². The van der Waals surface area contributed by atoms with Gasteiger partial charge in [-0.2, -0.15) is 0 Å². The van der Waals surface area contributed by atoms with Crippen LogP contribution in [0.3, 0.4) is 0 Å². The van der Waals surface area contributed by atoms with Crippen molar-refractivity contribution in [1.82, 2.24) is 0 Å². The van der Waals surface area contributed by atoms with E-state index in [9.17, 15) is 9.59 Å². The molecule has 0 spiro atoms. The molecule has 3 aromatic rings. The molecule has 6 nitrogen and oxygen atoms in total. The largest absolute Gasteiger partial charge is 0.490 e. The Labute approximate surface area is 298 Å². The molecule has 0 amide bonds. The van der Waals surface area contributed by atoms with Gasteiger partial charge >= 0.3 is 11.9 Å². The van der Waals surface area contributed by atoms with Crippen LogP contribution in [0.5, 0.6) is 5.75 Å². The summed E-state index contributed by atoms with van der Waals surface area (Å²) in [5, 5.41) is 0. The Morgan fingerprint density at radius 3 is 2.36 bits per heavy atom. The van der Waals surface area contributed by atoms with Crippen molar-refractivity contribution < 1.29 is 28.5 Å². The maximum Gasteiger partial charge on any atom is 0.334 e. The van der Waals surface area contributed by atoms with E-state index in [2.05, 4.69) is 64.7 Å². The third-order valence-corrected chi connectivity index (χ3v) is 9.24. The molecule has 264 valence electrons. The Morgan fingerprint density at radius 1 is 0.940 bits per heavy atom. The molecule has 0 aliphatic carbocycles. The molecule has 2 atom stereocenters. The van der Waals surface area contributed by atoms with Crippen molar-refractivity contribution in [1.29, 1.82) is 0 Å². The molecular weight excluding hydrogens is 624 g/mol. The van der Waals surface area contributed by atoms with Gasteiger partial charge in [0, 0.05) is 36.0 Å². The van der Waals surface area contributed by atoms with Crippen molar-refractivity contribution >= 4 is 11.9 Å². The monoisotopic (exact) mass is 676 g/mol. The van der Waals surface area contributed by atoms with E-state index in [0.717, 1.165) is 47.3 Å². The van der Waals surface area contributed by atoms with Crippen molar-refractivity contribution in [3.8, 4) is 17.6 Å². The number of carbonyl (C=O) groups excluding carboxylic acids is 2. The quantitative estimate of drug-likeness (QED) is 0.0910. The minimum Gasteiger partial charge on any atom is -0.490 e. The first-order valence-electron chi connectivity index (χ1n) is 18.1. The highest BCUT2D eigenvalue weighted by Gasteiger charge is 2.45. The molecule has 2 aliphatic rings. The Bertz CT molecular complexity index is 1670. The first-order chi connectivity index (χ1) is 24.1. The molecule has 3 aromatic carbocycles. The second kappa shape index (κ2) is 17.5. The highest BCUT2D eigenvalue weighted by Crippen LogP contribution is 2.35. The molecular formula is C44H52O6. The fourth-order valence-corrected chi connectivity index (χ4v) is 6.84. The molecule has 1 fully saturated rings. The maximum absolute atomic E-state index is 13.2. The van der Waals surface area contributed by atoms with Gasteiger partial charge in [-0.1, -0.05) is 93.6 Å². The number of hydrogen-bond donors (Lipinski definition) is 0. The zero-order chi connectivity index (χ0) is 35.5. The normalized spacial score (nSPS) is 19.0. The van der Waals surface area contributed by atoms with Crippen LogP contribution in [0.4, 0.5) is 0 Å². The van der Waals surface area contributed by atoms with Gasteiger partial charge in [0.2, 0.25) is 0 Å². The summed E-state index contributed by atoms with van der Waals surface area (Å²) in [6.45, 7) is 11.5. The van der Waals surface area contributed by atoms with Crippen LogP contribution in [0, 0.1) is 36.5 Å². The van der Waals surface area contributed by atoms with Gasteiger partial charge in [-0.15, -0.1) is 0 Å². The zero-order valence-electron chi connectivity index (χ0n) is 30.3. The fourth-order valence-electron chi connectivity index (χ4n) is 6.84. The summed E-state index contributed by atoms with van der Waals surface area (Å²) in [5.74, 6) is 8.28. The van der Waals surface area contributed by atoms with E-state index in [1.165, 1.54) is 5.56 Å². The predicted octanol–water partition coefficient (Wildman–Crippen LogP) is 8.95. The Morgan fingerprint density at radius 2 is 1.64 bits per heavy atom. The molecule has 0 N–H and O–H groups in total. The van der Waals surface area contributed by atoms with Crippen molar-refractivity contribution in [2.75, 3.05) is 13.2 Å². The number of rotatable bonds is 15. The summed E-state index contributed by atoms with van der Waals surface area (Å²) < 4.78 is 24.0. The summed E-state index contributed by atoms with van der Waals surface area (Å²) in [6, 6.07) is 24.0. The number of esters is 2. The third-order valence-electron chi connectivity index (χ3n) is 9.24. The molecule has 2 aliphatic heterocycles. The summed E-state index contributed by atoms with van der Waals surface area (Å²) in [5.41, 5.74) is 4.81. The Hall–Kier alpha value is -4.34. The second-order valence-electron chi connectivity index (χ2n) is 14.9. The van der Waals surface area contributed by atoms with E-state index >= 15 is 0 Å². The van der Waals surface area contributed by atoms with Crippen molar-refractivity contribution in [3.05, 3.63) is 112 Å². The van der Waals surface area contributed by atoms with Crippen LogP contribution >= 0.6 is 0 Å². The minimum atomic E-state index is -1.06. The van der Waals surface area contributed by atoms with E-state index in [1.54, 1.807) is 0 Å². The molecule has 0 radical (unpaired) electrons. The topological polar surface area (TPSA) is 71.1 Å². The van der Waals surface area contributed by atoms with Gasteiger partial charge in [0.1, 0.15) is 18.5 Å². The molecule has 0 bridgehead atoms. The Kier molecular flexibility index (Phi) is 13.0. The Balaban J connectivity index is 1.16. The lowest BCUT2D eigenvalue weighted by atomic mass is 9.86. The number of cyclic esters (lactones) is 1. The van der Waals surface area contributed by atoms with Gasteiger partial charge in [-0.25, -0.2) is 4.79 Å². The van der Waals surface area contributed by atoms with E-state index in [4.69, 9.17) is 18.9 Å². The summed E-state index contributed by atoms with van der Waals surface area (Å²) in [6.07, 6.45) is 6.75. The van der Waals surface area contributed by atoms with E-state index in [-0.39, 0.29) is 37.7 Å². The molecule has 2 heterocycles. The fraction of sp³-hybridized carbons (Fsp3) is 0.455. The van der Waals surface area contributed by atoms with Crippen LogP contribution in [-0.2, 0) is 36.8 Å². The molecule has 0 unspecified atom stereocenters. The van der Waals surface area contributed by atoms with Crippen LogP contribution in [0.1, 0.15) is 94.0 Å². The third kappa shape index (κ3) is 11.1. The van der Waals surface area contributed by atoms with Crippen LogP contribution in [-0.4, -0.2) is 36.9 Å². The number of fused-ring (bicyclic) bond motifs is 1. The van der Waals surface area contributed by atoms with Crippen LogP contribution < -0.4 is 4.74 Å². The van der Waals surface area contributed by atoms with E-state index in [0.29, 0.717) is 49.2 Å². The average Bonchev–Trinajstić information content (AvgIpc) is 3.64. The summed E-state index contributed by atoms with van der Waals surface area (Å²) in [7, 11) is 0. The van der Waals surface area contributed by atoms with Crippen molar-refractivity contribution in [3.63, 3.8) is 0 Å². The first kappa shape index (κ1) is 36.9. The van der Waals surface area contributed by atoms with Crippen LogP contribution in [0.2, 0.25) is 0 Å². The lowest BCUT2D eigenvalue weighted by molar-refractivity contribution is -0.169. The van der Waals surface area contributed by atoms with Gasteiger partial charge in [0.25, 0.3) is 0 Å². The highest BCUT2D eigenvalue weighted by molar-refractivity contribution is 5.91. The molecule has 0 saturated carbocycles. The number of carbonyl (C=O) groups is 2. The van der Waals surface area contributed by atoms with E-state index in [1.807, 2.05) is 60.7 Å². The van der Waals surface area contributed by atoms with Gasteiger partial charge < -0.3 is 18.9 Å². The number of benzene rings is 3. The standard InChI is InChI=1S/C44H52O6/c1-31(2)23-37(24-32(3)4)17-19-38-27-44(50-43(38)46,29-47-28-36-9-7-6-8-10-36)30-48-42(45)22-20-40-26-39-25-35(18-21-41(39)49-40)16-15-34-13-11-33(5)12-14-34/h6-14,18-19,21,25,31-32,37,40H,17,20,22-24,26-30H2,1-5H3/b38-19+/t40-,44+/m0/s1. The predicted molar refractivity (Wildman–Crippen MR) is 197 cm³/mol. The molecule has 1 saturated heterocycles. The lowest BCUT2D eigenvalue weighted by Crippen LogP contribution is -2.40. The summed E-state index contributed by atoms with van der Waals surface area (Å²) in [4.78, 5) is 26.2. The van der Waals surface area contributed by atoms with Crippen molar-refractivity contribution in [2.24, 2.45) is 17.8 Å². The van der Waals surface area contributed by atoms with Crippen molar-refractivity contribution in [2.45, 2.75) is 97.9 Å². The average molecular weight is 677 g/mol. The van der Waals surface area contributed by atoms with Gasteiger partial charge in [0.05, 0.1) is 13.2 Å². The SMILES string of the molecule is Cc1ccc(C#Cc2ccc3c(c2)C[C@H](CCC(=O)OC[C@]2(COCc4ccccc4)C/C(=C\CC(CC(C)C)CC(C)C)C(=O)O2)O3)cc1. The molecule has 0 aromatic heterocycles. The maximum atomic E-state index is 13.2. The zero-order valence-corrected chi connectivity index (χ0v) is 30.3. The highest BCUT2D eigenvalue weighted by atomic mass is 16.6. The van der Waals surface area contributed by atoms with Crippen LogP contribution in [0.25, 0.3) is 0 Å².